The van der Waals surface area contributed by atoms with Crippen molar-refractivity contribution in [3.05, 3.63) is 47.6 Å². The highest BCUT2D eigenvalue weighted by Crippen LogP contribution is 2.29. The Labute approximate surface area is 116 Å². The standard InChI is InChI=1S/C15H15N3S/c1-2-16-9-12-10-19-15(18-12)13-7-3-5-11-6-4-8-17-14(11)13/h3-8,10,16H,2,9H2,1H3. The minimum Gasteiger partial charge on any atom is -0.311 e. The lowest BCUT2D eigenvalue weighted by Crippen LogP contribution is -2.11. The molecule has 0 aliphatic rings. The lowest BCUT2D eigenvalue weighted by molar-refractivity contribution is 0.715. The van der Waals surface area contributed by atoms with Crippen LogP contribution in [0.15, 0.2) is 41.9 Å². The van der Waals surface area contributed by atoms with Gasteiger partial charge in [0.2, 0.25) is 0 Å². The Kier molecular flexibility index (Phi) is 3.53. The molecule has 19 heavy (non-hydrogen) atoms. The Morgan fingerprint density at radius 2 is 2.11 bits per heavy atom. The van der Waals surface area contributed by atoms with Crippen LogP contribution in [0.5, 0.6) is 0 Å². The van der Waals surface area contributed by atoms with Crippen molar-refractivity contribution in [1.29, 1.82) is 0 Å². The Bertz CT molecular complexity index is 685. The number of para-hydroxylation sites is 1. The lowest BCUT2D eigenvalue weighted by Gasteiger charge is -2.02. The molecule has 4 heteroatoms. The number of nitrogens with zero attached hydrogens (tertiary/aromatic N) is 2. The molecule has 0 fully saturated rings. The maximum atomic E-state index is 4.68. The number of fused-ring (bicyclic) bond motifs is 1. The van der Waals surface area contributed by atoms with Gasteiger partial charge >= 0.3 is 0 Å². The number of pyridine rings is 1. The first-order valence-corrected chi connectivity index (χ1v) is 7.25. The molecule has 0 saturated carbocycles. The molecular formula is C15H15N3S. The van der Waals surface area contributed by atoms with Gasteiger partial charge < -0.3 is 5.32 Å². The average molecular weight is 269 g/mol. The highest BCUT2D eigenvalue weighted by molar-refractivity contribution is 7.13. The minimum atomic E-state index is 0.825. The Hall–Kier alpha value is -1.78. The van der Waals surface area contributed by atoms with Gasteiger partial charge in [-0.1, -0.05) is 25.1 Å². The molecule has 0 aliphatic heterocycles. The van der Waals surface area contributed by atoms with E-state index in [0.717, 1.165) is 40.3 Å². The van der Waals surface area contributed by atoms with E-state index in [1.807, 2.05) is 12.3 Å². The second-order valence-corrected chi connectivity index (χ2v) is 5.16. The second kappa shape index (κ2) is 5.47. The molecule has 96 valence electrons. The maximum Gasteiger partial charge on any atom is 0.125 e. The summed E-state index contributed by atoms with van der Waals surface area (Å²) in [7, 11) is 0. The Morgan fingerprint density at radius 3 is 3.00 bits per heavy atom. The van der Waals surface area contributed by atoms with Crippen molar-refractivity contribution in [3.63, 3.8) is 0 Å². The first-order chi connectivity index (χ1) is 9.38. The lowest BCUT2D eigenvalue weighted by atomic mass is 10.1. The van der Waals surface area contributed by atoms with E-state index in [1.165, 1.54) is 0 Å². The minimum absolute atomic E-state index is 0.825. The summed E-state index contributed by atoms with van der Waals surface area (Å²) in [6.07, 6.45) is 1.83. The van der Waals surface area contributed by atoms with E-state index in [0.29, 0.717) is 0 Å². The number of rotatable bonds is 4. The van der Waals surface area contributed by atoms with Crippen LogP contribution in [0.25, 0.3) is 21.5 Å². The summed E-state index contributed by atoms with van der Waals surface area (Å²) in [5.41, 5.74) is 3.23. The molecule has 0 aliphatic carbocycles. The predicted molar refractivity (Wildman–Crippen MR) is 80.2 cm³/mol. The third-order valence-corrected chi connectivity index (χ3v) is 3.90. The van der Waals surface area contributed by atoms with Crippen LogP contribution in [-0.2, 0) is 6.54 Å². The molecule has 0 unspecified atom stereocenters. The first kappa shape index (κ1) is 12.3. The van der Waals surface area contributed by atoms with Gasteiger partial charge in [-0.25, -0.2) is 4.98 Å². The molecule has 3 aromatic rings. The third kappa shape index (κ3) is 2.50. The monoisotopic (exact) mass is 269 g/mol. The van der Waals surface area contributed by atoms with Crippen molar-refractivity contribution in [2.45, 2.75) is 13.5 Å². The van der Waals surface area contributed by atoms with Crippen LogP contribution in [-0.4, -0.2) is 16.5 Å². The SMILES string of the molecule is CCNCc1csc(-c2cccc3cccnc23)n1. The molecule has 0 atom stereocenters. The van der Waals surface area contributed by atoms with Crippen molar-refractivity contribution < 1.29 is 0 Å². The number of thiazole rings is 1. The van der Waals surface area contributed by atoms with Crippen LogP contribution in [0.4, 0.5) is 0 Å². The summed E-state index contributed by atoms with van der Waals surface area (Å²) < 4.78 is 0. The molecule has 2 heterocycles. The van der Waals surface area contributed by atoms with E-state index >= 15 is 0 Å². The van der Waals surface area contributed by atoms with Gasteiger partial charge in [0.05, 0.1) is 11.2 Å². The molecule has 3 nitrogen and oxygen atoms in total. The summed E-state index contributed by atoms with van der Waals surface area (Å²) in [5.74, 6) is 0. The molecule has 1 N–H and O–H groups in total. The average Bonchev–Trinajstić information content (AvgIpc) is 2.93. The fourth-order valence-corrected chi connectivity index (χ4v) is 2.89. The van der Waals surface area contributed by atoms with Crippen LogP contribution in [0.3, 0.4) is 0 Å². The van der Waals surface area contributed by atoms with Gasteiger partial charge in [0, 0.05) is 29.1 Å². The van der Waals surface area contributed by atoms with E-state index in [1.54, 1.807) is 11.3 Å². The molecular weight excluding hydrogens is 254 g/mol. The van der Waals surface area contributed by atoms with Crippen LogP contribution in [0, 0.1) is 0 Å². The van der Waals surface area contributed by atoms with Crippen LogP contribution in [0.1, 0.15) is 12.6 Å². The van der Waals surface area contributed by atoms with Crippen LogP contribution < -0.4 is 5.32 Å². The van der Waals surface area contributed by atoms with E-state index in [4.69, 9.17) is 0 Å². The predicted octanol–water partition coefficient (Wildman–Crippen LogP) is 3.47. The Balaban J connectivity index is 2.02. The number of hydrogen-bond acceptors (Lipinski definition) is 4. The third-order valence-electron chi connectivity index (χ3n) is 2.97. The number of aromatic nitrogens is 2. The Morgan fingerprint density at radius 1 is 1.21 bits per heavy atom. The van der Waals surface area contributed by atoms with Crippen molar-refractivity contribution >= 4 is 22.2 Å². The van der Waals surface area contributed by atoms with Gasteiger partial charge in [-0.2, -0.15) is 0 Å². The summed E-state index contributed by atoms with van der Waals surface area (Å²) in [5, 5.41) is 7.60. The molecule has 0 radical (unpaired) electrons. The highest BCUT2D eigenvalue weighted by Gasteiger charge is 2.08. The zero-order valence-corrected chi connectivity index (χ0v) is 11.6. The molecule has 2 aromatic heterocycles. The van der Waals surface area contributed by atoms with Gasteiger partial charge in [-0.05, 0) is 18.7 Å². The van der Waals surface area contributed by atoms with Crippen molar-refractivity contribution in [3.8, 4) is 10.6 Å². The van der Waals surface area contributed by atoms with Crippen molar-refractivity contribution in [2.24, 2.45) is 0 Å². The van der Waals surface area contributed by atoms with Gasteiger partial charge in [0.25, 0.3) is 0 Å². The van der Waals surface area contributed by atoms with E-state index < -0.39 is 0 Å². The molecule has 0 bridgehead atoms. The smallest absolute Gasteiger partial charge is 0.125 e. The van der Waals surface area contributed by atoms with Crippen molar-refractivity contribution in [1.82, 2.24) is 15.3 Å². The van der Waals surface area contributed by atoms with Crippen LogP contribution >= 0.6 is 11.3 Å². The summed E-state index contributed by atoms with van der Waals surface area (Å²) >= 11 is 1.68. The molecule has 0 saturated heterocycles. The second-order valence-electron chi connectivity index (χ2n) is 4.31. The molecule has 0 spiro atoms. The number of hydrogen-bond donors (Lipinski definition) is 1. The number of benzene rings is 1. The highest BCUT2D eigenvalue weighted by atomic mass is 32.1. The fourth-order valence-electron chi connectivity index (χ4n) is 2.04. The van der Waals surface area contributed by atoms with Gasteiger partial charge in [-0.15, -0.1) is 11.3 Å². The van der Waals surface area contributed by atoms with E-state index in [9.17, 15) is 0 Å². The normalized spacial score (nSPS) is 11.0. The van der Waals surface area contributed by atoms with E-state index in [2.05, 4.69) is 51.9 Å². The van der Waals surface area contributed by atoms with Gasteiger partial charge in [0.15, 0.2) is 0 Å². The van der Waals surface area contributed by atoms with E-state index in [-0.39, 0.29) is 0 Å². The quantitative estimate of drug-likeness (QED) is 0.788. The maximum absolute atomic E-state index is 4.68. The van der Waals surface area contributed by atoms with Gasteiger partial charge in [0.1, 0.15) is 5.01 Å². The molecule has 3 rings (SSSR count). The topological polar surface area (TPSA) is 37.8 Å². The largest absolute Gasteiger partial charge is 0.311 e. The molecule has 1 aromatic carbocycles. The first-order valence-electron chi connectivity index (χ1n) is 6.37. The van der Waals surface area contributed by atoms with Crippen LogP contribution in [0.2, 0.25) is 0 Å². The van der Waals surface area contributed by atoms with Gasteiger partial charge in [-0.3, -0.25) is 4.98 Å². The molecule has 0 amide bonds. The zero-order valence-electron chi connectivity index (χ0n) is 10.8. The summed E-state index contributed by atoms with van der Waals surface area (Å²) in [4.78, 5) is 9.16. The summed E-state index contributed by atoms with van der Waals surface area (Å²) in [6, 6.07) is 10.3. The van der Waals surface area contributed by atoms with Crippen molar-refractivity contribution in [2.75, 3.05) is 6.54 Å². The fraction of sp³-hybridized carbons (Fsp3) is 0.200. The number of nitrogens with one attached hydrogen (secondary N) is 1. The zero-order chi connectivity index (χ0) is 13.1. The summed E-state index contributed by atoms with van der Waals surface area (Å²) in [6.45, 7) is 3.88.